The standard InChI is InChI=1S/C15H21FN2O2.ClH/c1-10-13(4-3-7-17-10)18-15(19)9-11-5-6-14(20-2)12(16)8-11;/h5-6,8,10,13,17H,3-4,7,9H2,1-2H3,(H,18,19);1H. The molecule has 2 N–H and O–H groups in total. The number of hydrogen-bond acceptors (Lipinski definition) is 3. The van der Waals surface area contributed by atoms with Crippen LogP contribution in [0.5, 0.6) is 5.75 Å². The van der Waals surface area contributed by atoms with Crippen LogP contribution in [0, 0.1) is 5.82 Å². The highest BCUT2D eigenvalue weighted by molar-refractivity contribution is 5.85. The molecule has 0 bridgehead atoms. The summed E-state index contributed by atoms with van der Waals surface area (Å²) in [6.07, 6.45) is 2.23. The number of carbonyl (C=O) groups excluding carboxylic acids is 1. The van der Waals surface area contributed by atoms with Gasteiger partial charge in [-0.15, -0.1) is 12.4 Å². The van der Waals surface area contributed by atoms with Gasteiger partial charge in [-0.05, 0) is 44.0 Å². The van der Waals surface area contributed by atoms with Crippen molar-refractivity contribution >= 4 is 18.3 Å². The van der Waals surface area contributed by atoms with Crippen LogP contribution < -0.4 is 15.4 Å². The molecule has 6 heteroatoms. The SMILES string of the molecule is COc1ccc(CC(=O)NC2CCCNC2C)cc1F.Cl. The largest absolute Gasteiger partial charge is 0.494 e. The summed E-state index contributed by atoms with van der Waals surface area (Å²) in [5.41, 5.74) is 0.650. The van der Waals surface area contributed by atoms with Gasteiger partial charge in [-0.1, -0.05) is 6.07 Å². The van der Waals surface area contributed by atoms with Crippen LogP contribution in [0.4, 0.5) is 4.39 Å². The quantitative estimate of drug-likeness (QED) is 0.894. The molecule has 0 aliphatic carbocycles. The third-order valence-electron chi connectivity index (χ3n) is 3.69. The lowest BCUT2D eigenvalue weighted by molar-refractivity contribution is -0.121. The van der Waals surface area contributed by atoms with Crippen LogP contribution in [0.15, 0.2) is 18.2 Å². The molecule has 0 spiro atoms. The minimum atomic E-state index is -0.439. The number of ether oxygens (including phenoxy) is 1. The number of benzene rings is 1. The van der Waals surface area contributed by atoms with E-state index < -0.39 is 5.82 Å². The summed E-state index contributed by atoms with van der Waals surface area (Å²) in [7, 11) is 1.42. The lowest BCUT2D eigenvalue weighted by Gasteiger charge is -2.30. The number of methoxy groups -OCH3 is 1. The highest BCUT2D eigenvalue weighted by Gasteiger charge is 2.22. The number of piperidine rings is 1. The van der Waals surface area contributed by atoms with Crippen LogP contribution in [0.2, 0.25) is 0 Å². The van der Waals surface area contributed by atoms with Gasteiger partial charge >= 0.3 is 0 Å². The first kappa shape index (κ1) is 17.7. The summed E-state index contributed by atoms with van der Waals surface area (Å²) < 4.78 is 18.4. The number of hydrogen-bond donors (Lipinski definition) is 2. The molecule has 118 valence electrons. The fourth-order valence-corrected chi connectivity index (χ4v) is 2.50. The Hall–Kier alpha value is -1.33. The number of nitrogens with one attached hydrogen (secondary N) is 2. The van der Waals surface area contributed by atoms with E-state index in [1.165, 1.54) is 13.2 Å². The Balaban J connectivity index is 0.00000220. The zero-order chi connectivity index (χ0) is 14.5. The molecule has 1 aliphatic heterocycles. The summed E-state index contributed by atoms with van der Waals surface area (Å²) in [4.78, 5) is 12.0. The minimum absolute atomic E-state index is 0. The first-order valence-electron chi connectivity index (χ1n) is 6.95. The van der Waals surface area contributed by atoms with Crippen molar-refractivity contribution in [2.45, 2.75) is 38.3 Å². The van der Waals surface area contributed by atoms with Crippen molar-refractivity contribution in [1.82, 2.24) is 10.6 Å². The van der Waals surface area contributed by atoms with Gasteiger partial charge in [0.15, 0.2) is 11.6 Å². The summed E-state index contributed by atoms with van der Waals surface area (Å²) in [6.45, 7) is 3.06. The van der Waals surface area contributed by atoms with E-state index in [0.29, 0.717) is 5.56 Å². The molecule has 2 unspecified atom stereocenters. The molecule has 1 aromatic carbocycles. The highest BCUT2D eigenvalue weighted by atomic mass is 35.5. The van der Waals surface area contributed by atoms with Gasteiger partial charge in [0.25, 0.3) is 0 Å². The van der Waals surface area contributed by atoms with Gasteiger partial charge in [0.1, 0.15) is 0 Å². The third kappa shape index (κ3) is 4.86. The van der Waals surface area contributed by atoms with Gasteiger partial charge in [0.2, 0.25) is 5.91 Å². The fourth-order valence-electron chi connectivity index (χ4n) is 2.50. The topological polar surface area (TPSA) is 50.4 Å². The average molecular weight is 317 g/mol. The maximum atomic E-state index is 13.6. The van der Waals surface area contributed by atoms with Crippen LogP contribution in [0.25, 0.3) is 0 Å². The smallest absolute Gasteiger partial charge is 0.224 e. The highest BCUT2D eigenvalue weighted by Crippen LogP contribution is 2.18. The maximum absolute atomic E-state index is 13.6. The van der Waals surface area contributed by atoms with E-state index in [2.05, 4.69) is 17.6 Å². The molecule has 2 atom stereocenters. The van der Waals surface area contributed by atoms with E-state index in [1.807, 2.05) is 0 Å². The first-order chi connectivity index (χ1) is 9.60. The predicted octanol–water partition coefficient (Wildman–Crippen LogP) is 2.06. The van der Waals surface area contributed by atoms with Crippen molar-refractivity contribution in [3.8, 4) is 5.75 Å². The van der Waals surface area contributed by atoms with E-state index >= 15 is 0 Å². The van der Waals surface area contributed by atoms with Crippen LogP contribution in [0.1, 0.15) is 25.3 Å². The maximum Gasteiger partial charge on any atom is 0.224 e. The fraction of sp³-hybridized carbons (Fsp3) is 0.533. The van der Waals surface area contributed by atoms with Crippen molar-refractivity contribution in [2.75, 3.05) is 13.7 Å². The lowest BCUT2D eigenvalue weighted by Crippen LogP contribution is -2.52. The van der Waals surface area contributed by atoms with Crippen LogP contribution >= 0.6 is 12.4 Å². The van der Waals surface area contributed by atoms with Crippen molar-refractivity contribution < 1.29 is 13.9 Å². The zero-order valence-corrected chi connectivity index (χ0v) is 13.1. The lowest BCUT2D eigenvalue weighted by atomic mass is 9.99. The van der Waals surface area contributed by atoms with Gasteiger partial charge in [-0.25, -0.2) is 4.39 Å². The molecule has 0 aromatic heterocycles. The summed E-state index contributed by atoms with van der Waals surface area (Å²) >= 11 is 0. The number of halogens is 2. The molecule has 21 heavy (non-hydrogen) atoms. The van der Waals surface area contributed by atoms with Gasteiger partial charge in [0, 0.05) is 12.1 Å². The van der Waals surface area contributed by atoms with Crippen molar-refractivity contribution in [3.05, 3.63) is 29.6 Å². The molecule has 1 heterocycles. The molecular weight excluding hydrogens is 295 g/mol. The van der Waals surface area contributed by atoms with Crippen LogP contribution in [-0.4, -0.2) is 31.6 Å². The van der Waals surface area contributed by atoms with E-state index in [1.54, 1.807) is 12.1 Å². The molecule has 1 amide bonds. The summed E-state index contributed by atoms with van der Waals surface area (Å²) in [5.74, 6) is -0.320. The van der Waals surface area contributed by atoms with Crippen LogP contribution in [-0.2, 0) is 11.2 Å². The van der Waals surface area contributed by atoms with Gasteiger partial charge in [0.05, 0.1) is 13.5 Å². The Labute approximate surface area is 130 Å². The molecule has 1 fully saturated rings. The van der Waals surface area contributed by atoms with Crippen molar-refractivity contribution in [2.24, 2.45) is 0 Å². The third-order valence-corrected chi connectivity index (χ3v) is 3.69. The molecule has 0 saturated carbocycles. The molecular formula is C15H22ClFN2O2. The van der Waals surface area contributed by atoms with Crippen molar-refractivity contribution in [1.29, 1.82) is 0 Å². The molecule has 0 radical (unpaired) electrons. The number of amides is 1. The zero-order valence-electron chi connectivity index (χ0n) is 12.3. The molecule has 2 rings (SSSR count). The Morgan fingerprint density at radius 1 is 1.52 bits per heavy atom. The first-order valence-corrected chi connectivity index (χ1v) is 6.95. The van der Waals surface area contributed by atoms with Crippen molar-refractivity contribution in [3.63, 3.8) is 0 Å². The molecule has 1 saturated heterocycles. The second-order valence-corrected chi connectivity index (χ2v) is 5.20. The van der Waals surface area contributed by atoms with Gasteiger partial charge in [-0.2, -0.15) is 0 Å². The van der Waals surface area contributed by atoms with E-state index in [4.69, 9.17) is 4.74 Å². The Bertz CT molecular complexity index is 485. The van der Waals surface area contributed by atoms with E-state index in [-0.39, 0.29) is 42.6 Å². The normalized spacial score (nSPS) is 21.3. The van der Waals surface area contributed by atoms with Crippen LogP contribution in [0.3, 0.4) is 0 Å². The Morgan fingerprint density at radius 2 is 2.29 bits per heavy atom. The van der Waals surface area contributed by atoms with E-state index in [0.717, 1.165) is 19.4 Å². The Kier molecular flexibility index (Phi) is 6.92. The monoisotopic (exact) mass is 316 g/mol. The van der Waals surface area contributed by atoms with Gasteiger partial charge < -0.3 is 15.4 Å². The molecule has 1 aromatic rings. The average Bonchev–Trinajstić information content (AvgIpc) is 2.41. The second kappa shape index (κ2) is 8.20. The van der Waals surface area contributed by atoms with E-state index in [9.17, 15) is 9.18 Å². The van der Waals surface area contributed by atoms with Gasteiger partial charge in [-0.3, -0.25) is 4.79 Å². The minimum Gasteiger partial charge on any atom is -0.494 e. The predicted molar refractivity (Wildman–Crippen MR) is 82.5 cm³/mol. The molecule has 1 aliphatic rings. The summed E-state index contributed by atoms with van der Waals surface area (Å²) in [5, 5.41) is 6.34. The second-order valence-electron chi connectivity index (χ2n) is 5.20. The molecule has 4 nitrogen and oxygen atoms in total. The number of rotatable bonds is 4. The Morgan fingerprint density at radius 3 is 2.90 bits per heavy atom. The number of carbonyl (C=O) groups is 1. The summed E-state index contributed by atoms with van der Waals surface area (Å²) in [6, 6.07) is 5.04.